The SMILES string of the molecule is CN(CC1CNCCO1)C1CCc2c(Br)cccc21. The third-order valence-corrected chi connectivity index (χ3v) is 4.95. The largest absolute Gasteiger partial charge is 0.374 e. The molecule has 0 radical (unpaired) electrons. The summed E-state index contributed by atoms with van der Waals surface area (Å²) in [5.74, 6) is 0. The Morgan fingerprint density at radius 1 is 1.47 bits per heavy atom. The van der Waals surface area contributed by atoms with Gasteiger partial charge in [0, 0.05) is 30.1 Å². The molecular formula is C15H21BrN2O. The van der Waals surface area contributed by atoms with Gasteiger partial charge in [0.25, 0.3) is 0 Å². The van der Waals surface area contributed by atoms with Crippen LogP contribution in [-0.4, -0.2) is 44.3 Å². The molecule has 0 spiro atoms. The third kappa shape index (κ3) is 2.87. The van der Waals surface area contributed by atoms with Crippen molar-refractivity contribution in [2.24, 2.45) is 0 Å². The van der Waals surface area contributed by atoms with Crippen molar-refractivity contribution in [3.63, 3.8) is 0 Å². The summed E-state index contributed by atoms with van der Waals surface area (Å²) < 4.78 is 7.07. The first-order chi connectivity index (χ1) is 9.25. The van der Waals surface area contributed by atoms with Crippen molar-refractivity contribution in [3.8, 4) is 0 Å². The Morgan fingerprint density at radius 3 is 3.16 bits per heavy atom. The molecule has 0 saturated carbocycles. The highest BCUT2D eigenvalue weighted by molar-refractivity contribution is 9.10. The van der Waals surface area contributed by atoms with Crippen LogP contribution in [0.1, 0.15) is 23.6 Å². The minimum absolute atomic E-state index is 0.329. The van der Waals surface area contributed by atoms with Crippen molar-refractivity contribution in [1.82, 2.24) is 10.2 Å². The number of benzene rings is 1. The molecule has 1 N–H and O–H groups in total. The molecule has 1 aromatic carbocycles. The van der Waals surface area contributed by atoms with Gasteiger partial charge in [0.15, 0.2) is 0 Å². The molecule has 2 unspecified atom stereocenters. The second-order valence-corrected chi connectivity index (χ2v) is 6.35. The number of morpholine rings is 1. The van der Waals surface area contributed by atoms with Crippen molar-refractivity contribution in [2.75, 3.05) is 33.3 Å². The number of likely N-dealkylation sites (N-methyl/N-ethyl adjacent to an activating group) is 1. The maximum atomic E-state index is 5.81. The van der Waals surface area contributed by atoms with Crippen molar-refractivity contribution < 1.29 is 4.74 Å². The summed E-state index contributed by atoms with van der Waals surface area (Å²) in [6.45, 7) is 3.80. The number of nitrogens with one attached hydrogen (secondary N) is 1. The van der Waals surface area contributed by atoms with Crippen LogP contribution in [0.25, 0.3) is 0 Å². The number of fused-ring (bicyclic) bond motifs is 1. The molecule has 1 saturated heterocycles. The van der Waals surface area contributed by atoms with Gasteiger partial charge in [-0.25, -0.2) is 0 Å². The number of hydrogen-bond acceptors (Lipinski definition) is 3. The Morgan fingerprint density at radius 2 is 2.37 bits per heavy atom. The summed E-state index contributed by atoms with van der Waals surface area (Å²) in [4.78, 5) is 2.45. The van der Waals surface area contributed by atoms with E-state index in [4.69, 9.17) is 4.74 Å². The quantitative estimate of drug-likeness (QED) is 0.923. The van der Waals surface area contributed by atoms with Crippen LogP contribution in [0.2, 0.25) is 0 Å². The zero-order valence-corrected chi connectivity index (χ0v) is 12.9. The van der Waals surface area contributed by atoms with E-state index in [9.17, 15) is 0 Å². The lowest BCUT2D eigenvalue weighted by Gasteiger charge is -2.31. The average Bonchev–Trinajstić information content (AvgIpc) is 2.85. The Labute approximate surface area is 123 Å². The van der Waals surface area contributed by atoms with E-state index in [1.54, 1.807) is 0 Å². The minimum atomic E-state index is 0.329. The molecule has 0 amide bonds. The topological polar surface area (TPSA) is 24.5 Å². The maximum absolute atomic E-state index is 5.81. The lowest BCUT2D eigenvalue weighted by atomic mass is 10.1. The van der Waals surface area contributed by atoms with Gasteiger partial charge in [-0.15, -0.1) is 0 Å². The van der Waals surface area contributed by atoms with E-state index >= 15 is 0 Å². The average molecular weight is 325 g/mol. The highest BCUT2D eigenvalue weighted by Crippen LogP contribution is 2.38. The van der Waals surface area contributed by atoms with Gasteiger partial charge in [0.1, 0.15) is 0 Å². The third-order valence-electron chi connectivity index (χ3n) is 4.21. The second kappa shape index (κ2) is 5.92. The predicted molar refractivity (Wildman–Crippen MR) is 80.4 cm³/mol. The normalized spacial score (nSPS) is 26.7. The molecule has 2 atom stereocenters. The Hall–Kier alpha value is -0.420. The first-order valence-electron chi connectivity index (χ1n) is 7.05. The van der Waals surface area contributed by atoms with E-state index in [0.717, 1.165) is 26.2 Å². The van der Waals surface area contributed by atoms with Gasteiger partial charge >= 0.3 is 0 Å². The van der Waals surface area contributed by atoms with Crippen LogP contribution in [-0.2, 0) is 11.2 Å². The molecule has 1 aliphatic carbocycles. The lowest BCUT2D eigenvalue weighted by molar-refractivity contribution is 0.00271. The number of ether oxygens (including phenoxy) is 1. The lowest BCUT2D eigenvalue weighted by Crippen LogP contribution is -2.44. The monoisotopic (exact) mass is 324 g/mol. The molecule has 4 heteroatoms. The molecule has 3 rings (SSSR count). The van der Waals surface area contributed by atoms with Gasteiger partial charge in [-0.2, -0.15) is 0 Å². The van der Waals surface area contributed by atoms with E-state index in [2.05, 4.69) is 51.4 Å². The zero-order valence-electron chi connectivity index (χ0n) is 11.4. The van der Waals surface area contributed by atoms with Gasteiger partial charge in [-0.3, -0.25) is 4.90 Å². The summed E-state index contributed by atoms with van der Waals surface area (Å²) in [7, 11) is 2.22. The van der Waals surface area contributed by atoms with Crippen molar-refractivity contribution in [3.05, 3.63) is 33.8 Å². The summed E-state index contributed by atoms with van der Waals surface area (Å²) in [5.41, 5.74) is 2.97. The molecule has 1 aromatic rings. The first kappa shape index (κ1) is 13.6. The molecule has 2 aliphatic rings. The van der Waals surface area contributed by atoms with Gasteiger partial charge in [0.05, 0.1) is 12.7 Å². The summed E-state index contributed by atoms with van der Waals surface area (Å²) in [6, 6.07) is 7.11. The van der Waals surface area contributed by atoms with Crippen LogP contribution in [0.4, 0.5) is 0 Å². The summed E-state index contributed by atoms with van der Waals surface area (Å²) in [6.07, 6.45) is 2.72. The molecule has 1 fully saturated rings. The molecule has 0 aromatic heterocycles. The van der Waals surface area contributed by atoms with Crippen LogP contribution in [0.3, 0.4) is 0 Å². The standard InChI is InChI=1S/C15H21BrN2O/c1-18(10-11-9-17-7-8-19-11)15-6-5-12-13(15)3-2-4-14(12)16/h2-4,11,15,17H,5-10H2,1H3. The van der Waals surface area contributed by atoms with Crippen LogP contribution in [0.15, 0.2) is 22.7 Å². The fourth-order valence-electron chi connectivity index (χ4n) is 3.23. The fraction of sp³-hybridized carbons (Fsp3) is 0.600. The van der Waals surface area contributed by atoms with Crippen molar-refractivity contribution in [1.29, 1.82) is 0 Å². The number of halogens is 1. The second-order valence-electron chi connectivity index (χ2n) is 5.50. The number of nitrogens with zero attached hydrogens (tertiary/aromatic N) is 1. The molecular weight excluding hydrogens is 304 g/mol. The van der Waals surface area contributed by atoms with Gasteiger partial charge in [-0.05, 0) is 37.1 Å². The molecule has 1 aliphatic heterocycles. The van der Waals surface area contributed by atoms with Gasteiger partial charge < -0.3 is 10.1 Å². The smallest absolute Gasteiger partial charge is 0.0826 e. The van der Waals surface area contributed by atoms with Crippen molar-refractivity contribution >= 4 is 15.9 Å². The van der Waals surface area contributed by atoms with Crippen molar-refractivity contribution in [2.45, 2.75) is 25.0 Å². The Balaban J connectivity index is 1.69. The Kier molecular flexibility index (Phi) is 4.22. The Bertz CT molecular complexity index is 446. The molecule has 1 heterocycles. The fourth-order valence-corrected chi connectivity index (χ4v) is 3.81. The van der Waals surface area contributed by atoms with E-state index in [-0.39, 0.29) is 0 Å². The summed E-state index contributed by atoms with van der Waals surface area (Å²) >= 11 is 3.67. The minimum Gasteiger partial charge on any atom is -0.374 e. The molecule has 19 heavy (non-hydrogen) atoms. The van der Waals surface area contributed by atoms with Crippen LogP contribution in [0.5, 0.6) is 0 Å². The summed E-state index contributed by atoms with van der Waals surface area (Å²) in [5, 5.41) is 3.40. The van der Waals surface area contributed by atoms with E-state index in [0.29, 0.717) is 12.1 Å². The molecule has 104 valence electrons. The first-order valence-corrected chi connectivity index (χ1v) is 7.85. The number of hydrogen-bond donors (Lipinski definition) is 1. The van der Waals surface area contributed by atoms with E-state index < -0.39 is 0 Å². The van der Waals surface area contributed by atoms with Gasteiger partial charge in [-0.1, -0.05) is 28.1 Å². The van der Waals surface area contributed by atoms with E-state index in [1.807, 2.05) is 0 Å². The van der Waals surface area contributed by atoms with E-state index in [1.165, 1.54) is 28.4 Å². The highest BCUT2D eigenvalue weighted by Gasteiger charge is 2.28. The molecule has 3 nitrogen and oxygen atoms in total. The predicted octanol–water partition coefficient (Wildman–Crippen LogP) is 2.36. The highest BCUT2D eigenvalue weighted by atomic mass is 79.9. The van der Waals surface area contributed by atoms with Gasteiger partial charge in [0.2, 0.25) is 0 Å². The molecule has 0 bridgehead atoms. The van der Waals surface area contributed by atoms with Crippen LogP contribution < -0.4 is 5.32 Å². The maximum Gasteiger partial charge on any atom is 0.0826 e. The van der Waals surface area contributed by atoms with Crippen LogP contribution >= 0.6 is 15.9 Å². The van der Waals surface area contributed by atoms with Crippen LogP contribution in [0, 0.1) is 0 Å². The zero-order chi connectivity index (χ0) is 13.2. The number of rotatable bonds is 3.